The molecule has 2 aromatic carbocycles. The molecule has 0 aliphatic carbocycles. The highest BCUT2D eigenvalue weighted by Gasteiger charge is 2.20. The van der Waals surface area contributed by atoms with E-state index in [-0.39, 0.29) is 12.0 Å². The van der Waals surface area contributed by atoms with E-state index in [0.717, 1.165) is 16.9 Å². The summed E-state index contributed by atoms with van der Waals surface area (Å²) in [5, 5.41) is 10.0. The number of rotatable bonds is 3. The van der Waals surface area contributed by atoms with Crippen molar-refractivity contribution in [3.05, 3.63) is 58.1 Å². The molecule has 0 heterocycles. The highest BCUT2D eigenvalue weighted by atomic mass is 35.5. The normalized spacial score (nSPS) is 11.5. The Hall–Kier alpha value is -1.51. The topological polar surface area (TPSA) is 29.5 Å². The van der Waals surface area contributed by atoms with E-state index in [0.29, 0.717) is 16.3 Å². The molecule has 0 saturated heterocycles. The van der Waals surface area contributed by atoms with Crippen molar-refractivity contribution in [2.45, 2.75) is 39.7 Å². The van der Waals surface area contributed by atoms with E-state index in [1.807, 2.05) is 25.1 Å². The van der Waals surface area contributed by atoms with Crippen LogP contribution >= 0.6 is 11.6 Å². The van der Waals surface area contributed by atoms with E-state index in [2.05, 4.69) is 32.9 Å². The molecular weight excluding hydrogens is 284 g/mol. The molecule has 0 unspecified atom stereocenters. The number of aryl methyl sites for hydroxylation is 1. The molecular formula is C18H21ClO2. The van der Waals surface area contributed by atoms with E-state index in [1.54, 1.807) is 6.07 Å². The quantitative estimate of drug-likeness (QED) is 0.841. The summed E-state index contributed by atoms with van der Waals surface area (Å²) in [6.45, 7) is 8.33. The number of halogens is 1. The van der Waals surface area contributed by atoms with Gasteiger partial charge in [0.2, 0.25) is 0 Å². The second-order valence-corrected chi connectivity index (χ2v) is 6.63. The second kappa shape index (κ2) is 6.08. The predicted molar refractivity (Wildman–Crippen MR) is 87.3 cm³/mol. The van der Waals surface area contributed by atoms with E-state index < -0.39 is 0 Å². The number of ether oxygens (including phenoxy) is 1. The molecule has 1 N–H and O–H groups in total. The van der Waals surface area contributed by atoms with Gasteiger partial charge < -0.3 is 9.84 Å². The Labute approximate surface area is 131 Å². The molecule has 0 aliphatic rings. The van der Waals surface area contributed by atoms with Gasteiger partial charge in [-0.25, -0.2) is 0 Å². The lowest BCUT2D eigenvalue weighted by atomic mass is 9.86. The fraction of sp³-hybridized carbons (Fsp3) is 0.333. The first kappa shape index (κ1) is 15.9. The van der Waals surface area contributed by atoms with Gasteiger partial charge in [-0.2, -0.15) is 0 Å². The Kier molecular flexibility index (Phi) is 4.60. The van der Waals surface area contributed by atoms with Crippen molar-refractivity contribution < 1.29 is 9.84 Å². The Bertz CT molecular complexity index is 642. The zero-order valence-electron chi connectivity index (χ0n) is 12.9. The molecule has 112 valence electrons. The zero-order valence-corrected chi connectivity index (χ0v) is 13.7. The number of benzene rings is 2. The van der Waals surface area contributed by atoms with Gasteiger partial charge in [-0.15, -0.1) is 0 Å². The van der Waals surface area contributed by atoms with Gasteiger partial charge in [0.15, 0.2) is 0 Å². The lowest BCUT2D eigenvalue weighted by Gasteiger charge is -2.23. The minimum absolute atomic E-state index is 0.0268. The van der Waals surface area contributed by atoms with Crippen LogP contribution in [0.1, 0.15) is 37.5 Å². The van der Waals surface area contributed by atoms with Crippen molar-refractivity contribution >= 4 is 11.6 Å². The first-order valence-electron chi connectivity index (χ1n) is 7.00. The second-order valence-electron chi connectivity index (χ2n) is 6.23. The third kappa shape index (κ3) is 3.58. The van der Waals surface area contributed by atoms with Gasteiger partial charge in [-0.1, -0.05) is 50.6 Å². The summed E-state index contributed by atoms with van der Waals surface area (Å²) in [4.78, 5) is 0. The van der Waals surface area contributed by atoms with Crippen molar-refractivity contribution in [1.82, 2.24) is 0 Å². The van der Waals surface area contributed by atoms with Gasteiger partial charge >= 0.3 is 0 Å². The highest BCUT2D eigenvalue weighted by Crippen LogP contribution is 2.37. The molecule has 0 saturated carbocycles. The number of aliphatic hydroxyl groups is 1. The van der Waals surface area contributed by atoms with Crippen molar-refractivity contribution in [3.63, 3.8) is 0 Å². The molecule has 2 aromatic rings. The molecule has 21 heavy (non-hydrogen) atoms. The summed E-state index contributed by atoms with van der Waals surface area (Å²) in [6.07, 6.45) is 0. The van der Waals surface area contributed by atoms with Crippen LogP contribution in [0, 0.1) is 6.92 Å². The standard InChI is InChI=1S/C18H21ClO2/c1-12-8-9-14(18(2,3)4)17(10-12)21-16-7-5-6-15(19)13(16)11-20/h5-10,20H,11H2,1-4H3. The van der Waals surface area contributed by atoms with E-state index in [1.165, 1.54) is 0 Å². The highest BCUT2D eigenvalue weighted by molar-refractivity contribution is 6.31. The molecule has 0 atom stereocenters. The number of hydrogen-bond acceptors (Lipinski definition) is 2. The summed E-state index contributed by atoms with van der Waals surface area (Å²) in [6, 6.07) is 11.6. The van der Waals surface area contributed by atoms with Crippen LogP contribution in [0.2, 0.25) is 5.02 Å². The van der Waals surface area contributed by atoms with Crippen LogP contribution in [0.25, 0.3) is 0 Å². The number of hydrogen-bond donors (Lipinski definition) is 1. The van der Waals surface area contributed by atoms with Crippen LogP contribution in [0.15, 0.2) is 36.4 Å². The van der Waals surface area contributed by atoms with Crippen molar-refractivity contribution in [2.75, 3.05) is 0 Å². The van der Waals surface area contributed by atoms with Crippen LogP contribution in [-0.2, 0) is 12.0 Å². The molecule has 0 aromatic heterocycles. The van der Waals surface area contributed by atoms with Crippen molar-refractivity contribution in [1.29, 1.82) is 0 Å². The van der Waals surface area contributed by atoms with Gasteiger partial charge in [0.1, 0.15) is 11.5 Å². The summed E-state index contributed by atoms with van der Waals surface area (Å²) >= 11 is 6.12. The van der Waals surface area contributed by atoms with Gasteiger partial charge in [-0.05, 0) is 36.1 Å². The maximum atomic E-state index is 9.50. The average Bonchev–Trinajstić information content (AvgIpc) is 2.37. The minimum Gasteiger partial charge on any atom is -0.457 e. The predicted octanol–water partition coefficient (Wildman–Crippen LogP) is 5.23. The fourth-order valence-electron chi connectivity index (χ4n) is 2.24. The third-order valence-electron chi connectivity index (χ3n) is 3.40. The monoisotopic (exact) mass is 304 g/mol. The van der Waals surface area contributed by atoms with E-state index in [9.17, 15) is 5.11 Å². The molecule has 0 fully saturated rings. The zero-order chi connectivity index (χ0) is 15.6. The smallest absolute Gasteiger partial charge is 0.134 e. The molecule has 2 rings (SSSR count). The SMILES string of the molecule is Cc1ccc(C(C)(C)C)c(Oc2cccc(Cl)c2CO)c1. The maximum absolute atomic E-state index is 9.50. The van der Waals surface area contributed by atoms with Gasteiger partial charge in [-0.3, -0.25) is 0 Å². The van der Waals surface area contributed by atoms with Crippen LogP contribution < -0.4 is 4.74 Å². The van der Waals surface area contributed by atoms with Crippen LogP contribution in [0.3, 0.4) is 0 Å². The molecule has 3 heteroatoms. The largest absolute Gasteiger partial charge is 0.457 e. The minimum atomic E-state index is -0.147. The van der Waals surface area contributed by atoms with Crippen LogP contribution in [0.4, 0.5) is 0 Å². The molecule has 0 bridgehead atoms. The van der Waals surface area contributed by atoms with Crippen LogP contribution in [-0.4, -0.2) is 5.11 Å². The van der Waals surface area contributed by atoms with E-state index in [4.69, 9.17) is 16.3 Å². The fourth-order valence-corrected chi connectivity index (χ4v) is 2.47. The molecule has 0 radical (unpaired) electrons. The Balaban J connectivity index is 2.49. The summed E-state index contributed by atoms with van der Waals surface area (Å²) in [7, 11) is 0. The lowest BCUT2D eigenvalue weighted by Crippen LogP contribution is -2.12. The Morgan fingerprint density at radius 3 is 2.43 bits per heavy atom. The molecule has 0 amide bonds. The summed E-state index contributed by atoms with van der Waals surface area (Å²) in [5.41, 5.74) is 2.84. The first-order chi connectivity index (χ1) is 9.82. The summed E-state index contributed by atoms with van der Waals surface area (Å²) in [5.74, 6) is 1.40. The lowest BCUT2D eigenvalue weighted by molar-refractivity contribution is 0.276. The van der Waals surface area contributed by atoms with E-state index >= 15 is 0 Å². The van der Waals surface area contributed by atoms with Gasteiger partial charge in [0.05, 0.1) is 6.61 Å². The maximum Gasteiger partial charge on any atom is 0.134 e. The summed E-state index contributed by atoms with van der Waals surface area (Å²) < 4.78 is 6.08. The number of aliphatic hydroxyl groups excluding tert-OH is 1. The Morgan fingerprint density at radius 1 is 1.10 bits per heavy atom. The Morgan fingerprint density at radius 2 is 1.81 bits per heavy atom. The van der Waals surface area contributed by atoms with Crippen molar-refractivity contribution in [3.8, 4) is 11.5 Å². The molecule has 2 nitrogen and oxygen atoms in total. The first-order valence-corrected chi connectivity index (χ1v) is 7.38. The van der Waals surface area contributed by atoms with Gasteiger partial charge in [0.25, 0.3) is 0 Å². The molecule has 0 spiro atoms. The average molecular weight is 305 g/mol. The third-order valence-corrected chi connectivity index (χ3v) is 3.75. The van der Waals surface area contributed by atoms with Crippen LogP contribution in [0.5, 0.6) is 11.5 Å². The molecule has 0 aliphatic heterocycles. The van der Waals surface area contributed by atoms with Gasteiger partial charge in [0, 0.05) is 16.1 Å². The van der Waals surface area contributed by atoms with Crippen molar-refractivity contribution in [2.24, 2.45) is 0 Å².